The number of nitrogens with one attached hydrogen (secondary N) is 1. The number of hydrogen-bond acceptors (Lipinski definition) is 5. The first-order valence-corrected chi connectivity index (χ1v) is 9.41. The Bertz CT molecular complexity index is 388. The van der Waals surface area contributed by atoms with Crippen LogP contribution in [0.25, 0.3) is 0 Å². The Morgan fingerprint density at radius 3 is 2.48 bits per heavy atom. The van der Waals surface area contributed by atoms with E-state index in [1.54, 1.807) is 11.4 Å². The first-order chi connectivity index (χ1) is 10.1. The van der Waals surface area contributed by atoms with Gasteiger partial charge in [0.15, 0.2) is 0 Å². The van der Waals surface area contributed by atoms with Gasteiger partial charge < -0.3 is 14.8 Å². The minimum absolute atomic E-state index is 0.234. The third-order valence-corrected chi connectivity index (χ3v) is 6.84. The van der Waals surface area contributed by atoms with Crippen LogP contribution in [-0.4, -0.2) is 71.1 Å². The average Bonchev–Trinajstić information content (AvgIpc) is 2.53. The normalized spacial score (nSPS) is 23.5. The Morgan fingerprint density at radius 1 is 1.19 bits per heavy atom. The van der Waals surface area contributed by atoms with Gasteiger partial charge in [-0.25, -0.2) is 12.7 Å². The van der Waals surface area contributed by atoms with Gasteiger partial charge in [-0.1, -0.05) is 0 Å². The highest BCUT2D eigenvalue weighted by molar-refractivity contribution is 7.89. The molecule has 124 valence electrons. The molecular weight excluding hydrogens is 292 g/mol. The molecule has 2 fully saturated rings. The number of piperidine rings is 1. The maximum Gasteiger partial charge on any atom is 0.217 e. The van der Waals surface area contributed by atoms with Crippen LogP contribution in [0.15, 0.2) is 0 Å². The number of ether oxygens (including phenoxy) is 2. The number of nitrogens with zero attached hydrogens (tertiary/aromatic N) is 1. The van der Waals surface area contributed by atoms with Crippen molar-refractivity contribution in [2.75, 3.05) is 53.1 Å². The fourth-order valence-electron chi connectivity index (χ4n) is 3.03. The predicted octanol–water partition coefficient (Wildman–Crippen LogP) is 0.443. The van der Waals surface area contributed by atoms with Crippen LogP contribution in [0.4, 0.5) is 0 Å². The van der Waals surface area contributed by atoms with E-state index in [4.69, 9.17) is 9.47 Å². The molecule has 2 saturated heterocycles. The molecule has 2 aliphatic rings. The molecule has 7 heteroatoms. The van der Waals surface area contributed by atoms with Crippen molar-refractivity contribution in [3.05, 3.63) is 0 Å². The molecule has 0 amide bonds. The lowest BCUT2D eigenvalue weighted by Gasteiger charge is -2.34. The summed E-state index contributed by atoms with van der Waals surface area (Å²) in [6.07, 6.45) is 3.17. The van der Waals surface area contributed by atoms with E-state index in [2.05, 4.69) is 5.32 Å². The molecule has 1 N–H and O–H groups in total. The van der Waals surface area contributed by atoms with Crippen LogP contribution >= 0.6 is 0 Å². The van der Waals surface area contributed by atoms with E-state index in [0.29, 0.717) is 45.1 Å². The van der Waals surface area contributed by atoms with Crippen LogP contribution in [0.3, 0.4) is 0 Å². The molecule has 2 aliphatic heterocycles. The molecule has 0 radical (unpaired) electrons. The Kier molecular flexibility index (Phi) is 6.88. The van der Waals surface area contributed by atoms with Gasteiger partial charge >= 0.3 is 0 Å². The van der Waals surface area contributed by atoms with E-state index < -0.39 is 10.0 Å². The topological polar surface area (TPSA) is 67.9 Å². The van der Waals surface area contributed by atoms with Gasteiger partial charge in [-0.2, -0.15) is 0 Å². The van der Waals surface area contributed by atoms with Gasteiger partial charge in [0, 0.05) is 40.0 Å². The predicted molar refractivity (Wildman–Crippen MR) is 81.8 cm³/mol. The highest BCUT2D eigenvalue weighted by Crippen LogP contribution is 2.25. The lowest BCUT2D eigenvalue weighted by molar-refractivity contribution is 0.0967. The Morgan fingerprint density at radius 2 is 1.86 bits per heavy atom. The number of rotatable bonds is 7. The van der Waals surface area contributed by atoms with Gasteiger partial charge in [-0.05, 0) is 38.1 Å². The zero-order valence-corrected chi connectivity index (χ0v) is 13.7. The van der Waals surface area contributed by atoms with Gasteiger partial charge in [-0.15, -0.1) is 0 Å². The van der Waals surface area contributed by atoms with Gasteiger partial charge in [0.2, 0.25) is 10.0 Å². The first kappa shape index (κ1) is 17.1. The molecule has 21 heavy (non-hydrogen) atoms. The highest BCUT2D eigenvalue weighted by Gasteiger charge is 2.35. The lowest BCUT2D eigenvalue weighted by Crippen LogP contribution is -2.46. The number of hydrogen-bond donors (Lipinski definition) is 1. The van der Waals surface area contributed by atoms with Crippen molar-refractivity contribution >= 4 is 10.0 Å². The molecule has 2 rings (SSSR count). The second-order valence-electron chi connectivity index (χ2n) is 5.90. The van der Waals surface area contributed by atoms with Crippen molar-refractivity contribution in [1.82, 2.24) is 9.62 Å². The molecule has 0 aliphatic carbocycles. The summed E-state index contributed by atoms with van der Waals surface area (Å²) in [5.74, 6) is 0.572. The van der Waals surface area contributed by atoms with Crippen LogP contribution in [0.2, 0.25) is 0 Å². The van der Waals surface area contributed by atoms with E-state index in [1.807, 2.05) is 0 Å². The fourth-order valence-corrected chi connectivity index (χ4v) is 4.96. The van der Waals surface area contributed by atoms with Gasteiger partial charge in [0.05, 0.1) is 11.9 Å². The molecule has 0 saturated carbocycles. The molecule has 0 aromatic rings. The van der Waals surface area contributed by atoms with Crippen molar-refractivity contribution in [2.24, 2.45) is 5.92 Å². The maximum atomic E-state index is 12.6. The number of methoxy groups -OCH3 is 1. The summed E-state index contributed by atoms with van der Waals surface area (Å²) >= 11 is 0. The van der Waals surface area contributed by atoms with E-state index in [9.17, 15) is 8.42 Å². The van der Waals surface area contributed by atoms with Crippen LogP contribution in [0.1, 0.15) is 25.7 Å². The zero-order chi connectivity index (χ0) is 15.1. The second kappa shape index (κ2) is 8.43. The third-order valence-electron chi connectivity index (χ3n) is 4.44. The molecular formula is C14H28N2O4S. The minimum Gasteiger partial charge on any atom is -0.383 e. The smallest absolute Gasteiger partial charge is 0.217 e. The molecule has 0 spiro atoms. The first-order valence-electron chi connectivity index (χ1n) is 7.91. The largest absolute Gasteiger partial charge is 0.383 e. The monoisotopic (exact) mass is 320 g/mol. The summed E-state index contributed by atoms with van der Waals surface area (Å²) in [6, 6.07) is 0. The SMILES string of the molecule is COCCNCC1CCN(S(=O)(=O)C2CCOCC2)CC1. The summed E-state index contributed by atoms with van der Waals surface area (Å²) in [5.41, 5.74) is 0. The quantitative estimate of drug-likeness (QED) is 0.690. The molecule has 0 bridgehead atoms. The zero-order valence-electron chi connectivity index (χ0n) is 12.9. The van der Waals surface area contributed by atoms with Gasteiger partial charge in [0.1, 0.15) is 0 Å². The molecule has 0 aromatic heterocycles. The van der Waals surface area contributed by atoms with E-state index in [-0.39, 0.29) is 5.25 Å². The third kappa shape index (κ3) is 4.89. The molecule has 2 heterocycles. The standard InChI is InChI=1S/C14H28N2O4S/c1-19-11-6-15-12-13-2-7-16(8-3-13)21(17,18)14-4-9-20-10-5-14/h13-15H,2-12H2,1H3. The molecule has 0 unspecified atom stereocenters. The van der Waals surface area contributed by atoms with E-state index in [0.717, 1.165) is 32.5 Å². The summed E-state index contributed by atoms with van der Waals surface area (Å²) in [7, 11) is -1.43. The van der Waals surface area contributed by atoms with Gasteiger partial charge in [-0.3, -0.25) is 0 Å². The average molecular weight is 320 g/mol. The van der Waals surface area contributed by atoms with Crippen LogP contribution in [-0.2, 0) is 19.5 Å². The van der Waals surface area contributed by atoms with Gasteiger partial charge in [0.25, 0.3) is 0 Å². The van der Waals surface area contributed by atoms with Crippen molar-refractivity contribution in [1.29, 1.82) is 0 Å². The Labute approximate surface area is 128 Å². The van der Waals surface area contributed by atoms with Crippen LogP contribution in [0, 0.1) is 5.92 Å². The minimum atomic E-state index is -3.12. The van der Waals surface area contributed by atoms with E-state index in [1.165, 1.54) is 0 Å². The maximum absolute atomic E-state index is 12.6. The lowest BCUT2D eigenvalue weighted by atomic mass is 9.98. The molecule has 0 atom stereocenters. The Balaban J connectivity index is 1.74. The summed E-state index contributed by atoms with van der Waals surface area (Å²) < 4.78 is 37.1. The number of sulfonamides is 1. The van der Waals surface area contributed by atoms with Crippen molar-refractivity contribution in [3.8, 4) is 0 Å². The molecule has 6 nitrogen and oxygen atoms in total. The van der Waals surface area contributed by atoms with Crippen molar-refractivity contribution in [3.63, 3.8) is 0 Å². The molecule has 0 aromatic carbocycles. The Hall–Kier alpha value is -0.210. The van der Waals surface area contributed by atoms with Crippen LogP contribution < -0.4 is 5.32 Å². The van der Waals surface area contributed by atoms with Crippen molar-refractivity contribution in [2.45, 2.75) is 30.9 Å². The van der Waals surface area contributed by atoms with E-state index >= 15 is 0 Å². The second-order valence-corrected chi connectivity index (χ2v) is 8.11. The summed E-state index contributed by atoms with van der Waals surface area (Å²) in [4.78, 5) is 0. The van der Waals surface area contributed by atoms with Crippen LogP contribution in [0.5, 0.6) is 0 Å². The fraction of sp³-hybridized carbons (Fsp3) is 1.00. The highest BCUT2D eigenvalue weighted by atomic mass is 32.2. The summed E-state index contributed by atoms with van der Waals surface area (Å²) in [6.45, 7) is 5.00. The van der Waals surface area contributed by atoms with Crippen molar-refractivity contribution < 1.29 is 17.9 Å². The summed E-state index contributed by atoms with van der Waals surface area (Å²) in [5, 5.41) is 3.13.